The molecule has 0 aromatic heterocycles. The summed E-state index contributed by atoms with van der Waals surface area (Å²) >= 11 is 0. The summed E-state index contributed by atoms with van der Waals surface area (Å²) in [7, 11) is 0. The van der Waals surface area contributed by atoms with Crippen molar-refractivity contribution in [1.82, 2.24) is 4.90 Å². The van der Waals surface area contributed by atoms with Crippen molar-refractivity contribution in [2.45, 2.75) is 45.1 Å². The second-order valence-electron chi connectivity index (χ2n) is 6.75. The van der Waals surface area contributed by atoms with Crippen molar-refractivity contribution in [2.75, 3.05) is 26.2 Å². The number of rotatable bonds is 5. The second kappa shape index (κ2) is 6.80. The largest absolute Gasteiger partial charge is 0.492 e. The van der Waals surface area contributed by atoms with E-state index in [0.29, 0.717) is 6.54 Å². The Morgan fingerprint density at radius 1 is 1.00 bits per heavy atom. The van der Waals surface area contributed by atoms with E-state index in [1.807, 2.05) is 24.3 Å². The maximum absolute atomic E-state index is 5.84. The molecule has 21 heavy (non-hydrogen) atoms. The van der Waals surface area contributed by atoms with Gasteiger partial charge in [-0.2, -0.15) is 0 Å². The molecule has 0 unspecified atom stereocenters. The average Bonchev–Trinajstić information content (AvgIpc) is 2.98. The fourth-order valence-electron chi connectivity index (χ4n) is 3.89. The minimum Gasteiger partial charge on any atom is -0.492 e. The molecule has 1 aliphatic carbocycles. The monoisotopic (exact) mass is 288 g/mol. The molecular formula is C18H28N2O. The first-order chi connectivity index (χ1) is 10.3. The van der Waals surface area contributed by atoms with Crippen LogP contribution in [-0.4, -0.2) is 31.1 Å². The van der Waals surface area contributed by atoms with E-state index in [2.05, 4.69) is 4.90 Å². The van der Waals surface area contributed by atoms with Crippen LogP contribution in [0.2, 0.25) is 0 Å². The van der Waals surface area contributed by atoms with Crippen LogP contribution in [0.25, 0.3) is 0 Å². The predicted molar refractivity (Wildman–Crippen MR) is 86.4 cm³/mol. The molecule has 1 saturated heterocycles. The maximum Gasteiger partial charge on any atom is 0.119 e. The Hall–Kier alpha value is -1.06. The number of nitrogens with two attached hydrogens (primary N) is 1. The Kier molecular flexibility index (Phi) is 4.81. The van der Waals surface area contributed by atoms with Crippen molar-refractivity contribution < 1.29 is 4.74 Å². The van der Waals surface area contributed by atoms with Crippen LogP contribution >= 0.6 is 0 Å². The van der Waals surface area contributed by atoms with Gasteiger partial charge in [-0.15, -0.1) is 0 Å². The number of hydrogen-bond donors (Lipinski definition) is 1. The van der Waals surface area contributed by atoms with Gasteiger partial charge in [0, 0.05) is 13.1 Å². The highest BCUT2D eigenvalue weighted by molar-refractivity contribution is 5.27. The predicted octanol–water partition coefficient (Wildman–Crippen LogP) is 3.18. The fraction of sp³-hybridized carbons (Fsp3) is 0.667. The van der Waals surface area contributed by atoms with Gasteiger partial charge >= 0.3 is 0 Å². The molecule has 1 spiro atoms. The molecule has 2 aliphatic rings. The summed E-state index contributed by atoms with van der Waals surface area (Å²) < 4.78 is 5.84. The van der Waals surface area contributed by atoms with Crippen molar-refractivity contribution in [1.29, 1.82) is 0 Å². The van der Waals surface area contributed by atoms with E-state index in [9.17, 15) is 0 Å². The van der Waals surface area contributed by atoms with Crippen molar-refractivity contribution in [3.63, 3.8) is 0 Å². The highest BCUT2D eigenvalue weighted by atomic mass is 16.5. The molecule has 116 valence electrons. The van der Waals surface area contributed by atoms with E-state index in [-0.39, 0.29) is 0 Å². The first kappa shape index (κ1) is 14.9. The van der Waals surface area contributed by atoms with Crippen LogP contribution in [0, 0.1) is 5.41 Å². The first-order valence-corrected chi connectivity index (χ1v) is 8.44. The maximum atomic E-state index is 5.84. The van der Waals surface area contributed by atoms with Gasteiger partial charge < -0.3 is 10.5 Å². The van der Waals surface area contributed by atoms with Gasteiger partial charge in [-0.1, -0.05) is 25.0 Å². The lowest BCUT2D eigenvalue weighted by molar-refractivity contribution is 0.0961. The number of benzene rings is 1. The molecule has 3 rings (SSSR count). The molecule has 2 N–H and O–H groups in total. The topological polar surface area (TPSA) is 38.5 Å². The molecular weight excluding hydrogens is 260 g/mol. The number of likely N-dealkylation sites (tertiary alicyclic amines) is 1. The average molecular weight is 288 g/mol. The van der Waals surface area contributed by atoms with Crippen LogP contribution < -0.4 is 10.5 Å². The molecule has 3 nitrogen and oxygen atoms in total. The molecule has 1 saturated carbocycles. The Labute approximate surface area is 128 Å². The molecule has 3 heteroatoms. The van der Waals surface area contributed by atoms with Gasteiger partial charge in [0.25, 0.3) is 0 Å². The van der Waals surface area contributed by atoms with Crippen LogP contribution in [0.5, 0.6) is 5.75 Å². The van der Waals surface area contributed by atoms with E-state index >= 15 is 0 Å². The minimum atomic E-state index is 0.593. The summed E-state index contributed by atoms with van der Waals surface area (Å²) in [5.41, 5.74) is 7.47. The van der Waals surface area contributed by atoms with Gasteiger partial charge in [-0.25, -0.2) is 0 Å². The highest BCUT2D eigenvalue weighted by Crippen LogP contribution is 2.45. The zero-order valence-electron chi connectivity index (χ0n) is 13.0. The molecule has 0 bridgehead atoms. The molecule has 2 fully saturated rings. The lowest BCUT2D eigenvalue weighted by Gasteiger charge is -2.39. The molecule has 1 heterocycles. The fourth-order valence-corrected chi connectivity index (χ4v) is 3.89. The SMILES string of the molecule is NCc1ccc(OCCN2CCC3(CCCC3)CC2)cc1. The highest BCUT2D eigenvalue weighted by Gasteiger charge is 2.36. The summed E-state index contributed by atoms with van der Waals surface area (Å²) in [6.45, 7) is 4.95. The summed E-state index contributed by atoms with van der Waals surface area (Å²) in [6, 6.07) is 8.12. The van der Waals surface area contributed by atoms with Gasteiger partial charge in [0.05, 0.1) is 0 Å². The van der Waals surface area contributed by atoms with Crippen LogP contribution in [-0.2, 0) is 6.54 Å². The first-order valence-electron chi connectivity index (χ1n) is 8.44. The molecule has 0 amide bonds. The van der Waals surface area contributed by atoms with Gasteiger partial charge in [0.15, 0.2) is 0 Å². The number of ether oxygens (including phenoxy) is 1. The quantitative estimate of drug-likeness (QED) is 0.904. The normalized spacial score (nSPS) is 21.8. The Balaban J connectivity index is 1.38. The number of hydrogen-bond acceptors (Lipinski definition) is 3. The zero-order chi connectivity index (χ0) is 14.5. The Bertz CT molecular complexity index is 427. The third-order valence-electron chi connectivity index (χ3n) is 5.42. The van der Waals surface area contributed by atoms with Crippen molar-refractivity contribution >= 4 is 0 Å². The van der Waals surface area contributed by atoms with Gasteiger partial charge in [-0.05, 0) is 61.9 Å². The standard InChI is InChI=1S/C18H28N2O/c19-15-16-3-5-17(6-4-16)21-14-13-20-11-9-18(10-12-20)7-1-2-8-18/h3-6H,1-2,7-15,19H2. The summed E-state index contributed by atoms with van der Waals surface area (Å²) in [6.07, 6.45) is 8.68. The molecule has 1 aromatic carbocycles. The van der Waals surface area contributed by atoms with Crippen LogP contribution in [0.4, 0.5) is 0 Å². The number of nitrogens with zero attached hydrogens (tertiary/aromatic N) is 1. The van der Waals surface area contributed by atoms with E-state index < -0.39 is 0 Å². The lowest BCUT2D eigenvalue weighted by Crippen LogP contribution is -2.40. The van der Waals surface area contributed by atoms with Gasteiger partial charge in [-0.3, -0.25) is 4.90 Å². The lowest BCUT2D eigenvalue weighted by atomic mass is 9.77. The van der Waals surface area contributed by atoms with E-state index in [1.165, 1.54) is 51.6 Å². The summed E-state index contributed by atoms with van der Waals surface area (Å²) in [5, 5.41) is 0. The van der Waals surface area contributed by atoms with Crippen molar-refractivity contribution in [3.8, 4) is 5.75 Å². The third-order valence-corrected chi connectivity index (χ3v) is 5.42. The van der Waals surface area contributed by atoms with E-state index in [4.69, 9.17) is 10.5 Å². The molecule has 0 atom stereocenters. The van der Waals surface area contributed by atoms with Crippen LogP contribution in [0.1, 0.15) is 44.1 Å². The van der Waals surface area contributed by atoms with Crippen LogP contribution in [0.15, 0.2) is 24.3 Å². The third kappa shape index (κ3) is 3.78. The Morgan fingerprint density at radius 2 is 1.67 bits per heavy atom. The molecule has 0 radical (unpaired) electrons. The minimum absolute atomic E-state index is 0.593. The zero-order valence-corrected chi connectivity index (χ0v) is 13.0. The van der Waals surface area contributed by atoms with Crippen molar-refractivity contribution in [2.24, 2.45) is 11.1 Å². The van der Waals surface area contributed by atoms with Crippen molar-refractivity contribution in [3.05, 3.63) is 29.8 Å². The molecule has 1 aliphatic heterocycles. The molecule has 1 aromatic rings. The van der Waals surface area contributed by atoms with Crippen LogP contribution in [0.3, 0.4) is 0 Å². The Morgan fingerprint density at radius 3 is 2.29 bits per heavy atom. The van der Waals surface area contributed by atoms with E-state index in [0.717, 1.165) is 29.9 Å². The summed E-state index contributed by atoms with van der Waals surface area (Å²) in [4.78, 5) is 2.57. The van der Waals surface area contributed by atoms with E-state index in [1.54, 1.807) is 0 Å². The summed E-state index contributed by atoms with van der Waals surface area (Å²) in [5.74, 6) is 0.955. The van der Waals surface area contributed by atoms with Gasteiger partial charge in [0.2, 0.25) is 0 Å². The number of piperidine rings is 1. The smallest absolute Gasteiger partial charge is 0.119 e. The van der Waals surface area contributed by atoms with Gasteiger partial charge in [0.1, 0.15) is 12.4 Å². The second-order valence-corrected chi connectivity index (χ2v) is 6.75.